The zero-order valence-electron chi connectivity index (χ0n) is 14.1. The monoisotopic (exact) mass is 372 g/mol. The Labute approximate surface area is 154 Å². The molecular formula is C17H17ClN6O2. The van der Waals surface area contributed by atoms with Crippen molar-refractivity contribution < 1.29 is 9.53 Å². The molecule has 1 aromatic carbocycles. The predicted octanol–water partition coefficient (Wildman–Crippen LogP) is 2.56. The first-order chi connectivity index (χ1) is 12.7. The number of amides is 1. The van der Waals surface area contributed by atoms with E-state index in [9.17, 15) is 4.79 Å². The number of nitrogens with one attached hydrogen (secondary N) is 1. The van der Waals surface area contributed by atoms with Gasteiger partial charge in [-0.15, -0.1) is 0 Å². The minimum Gasteiger partial charge on any atom is -0.453 e. The number of aromatic nitrogens is 4. The van der Waals surface area contributed by atoms with Crippen LogP contribution in [0.5, 0.6) is 0 Å². The van der Waals surface area contributed by atoms with Gasteiger partial charge in [0, 0.05) is 26.2 Å². The molecule has 8 nitrogen and oxygen atoms in total. The minimum absolute atomic E-state index is 0.315. The summed E-state index contributed by atoms with van der Waals surface area (Å²) in [5, 5.41) is 0.431. The number of fused-ring (bicyclic) bond motifs is 1. The third kappa shape index (κ3) is 3.03. The molecule has 0 saturated carbocycles. The number of piperazine rings is 1. The number of imidazole rings is 1. The highest BCUT2D eigenvalue weighted by atomic mass is 35.5. The van der Waals surface area contributed by atoms with Crippen molar-refractivity contribution >= 4 is 34.7 Å². The molecule has 0 atom stereocenters. The fourth-order valence-electron chi connectivity index (χ4n) is 2.96. The zero-order chi connectivity index (χ0) is 18.1. The van der Waals surface area contributed by atoms with Crippen molar-refractivity contribution in [3.63, 3.8) is 0 Å². The number of rotatable bonds is 2. The van der Waals surface area contributed by atoms with Gasteiger partial charge in [0.05, 0.1) is 29.4 Å². The molecule has 0 aliphatic carbocycles. The van der Waals surface area contributed by atoms with Crippen molar-refractivity contribution in [3.05, 3.63) is 35.5 Å². The number of anilines is 1. The standard InChI is InChI=1S/C17H17ClN6O2/c1-26-17(25)24-8-6-23(7-9-24)16-19-10-11(18)14(22-16)15-20-12-4-2-3-5-13(12)21-15/h2-5,10H,6-9H2,1H3,(H,20,21). The van der Waals surface area contributed by atoms with Crippen LogP contribution in [0, 0.1) is 0 Å². The maximum absolute atomic E-state index is 11.6. The van der Waals surface area contributed by atoms with Gasteiger partial charge in [0.15, 0.2) is 5.82 Å². The maximum atomic E-state index is 11.6. The Hall–Kier alpha value is -2.87. The lowest BCUT2D eigenvalue weighted by Gasteiger charge is -2.33. The number of carbonyl (C=O) groups excluding carboxylic acids is 1. The van der Waals surface area contributed by atoms with E-state index >= 15 is 0 Å². The van der Waals surface area contributed by atoms with Crippen LogP contribution in [0.3, 0.4) is 0 Å². The Morgan fingerprint density at radius 1 is 1.19 bits per heavy atom. The average Bonchev–Trinajstić information content (AvgIpc) is 3.12. The van der Waals surface area contributed by atoms with Crippen molar-refractivity contribution in [1.82, 2.24) is 24.8 Å². The lowest BCUT2D eigenvalue weighted by molar-refractivity contribution is 0.121. The number of halogens is 1. The smallest absolute Gasteiger partial charge is 0.409 e. The summed E-state index contributed by atoms with van der Waals surface area (Å²) >= 11 is 6.31. The van der Waals surface area contributed by atoms with Gasteiger partial charge in [0.1, 0.15) is 5.69 Å². The molecule has 1 saturated heterocycles. The van der Waals surface area contributed by atoms with Crippen LogP contribution < -0.4 is 4.90 Å². The van der Waals surface area contributed by atoms with Gasteiger partial charge in [0.2, 0.25) is 5.95 Å². The van der Waals surface area contributed by atoms with Crippen molar-refractivity contribution in [2.45, 2.75) is 0 Å². The Balaban J connectivity index is 1.60. The number of hydrogen-bond donors (Lipinski definition) is 1. The number of para-hydroxylation sites is 2. The van der Waals surface area contributed by atoms with Gasteiger partial charge >= 0.3 is 6.09 Å². The van der Waals surface area contributed by atoms with Crippen LogP contribution in [0.1, 0.15) is 0 Å². The van der Waals surface area contributed by atoms with Crippen molar-refractivity contribution in [3.8, 4) is 11.5 Å². The van der Waals surface area contributed by atoms with Gasteiger partial charge in [-0.25, -0.2) is 19.7 Å². The van der Waals surface area contributed by atoms with E-state index in [1.807, 2.05) is 29.2 Å². The number of nitrogens with zero attached hydrogens (tertiary/aromatic N) is 5. The molecule has 134 valence electrons. The van der Waals surface area contributed by atoms with Crippen LogP contribution >= 0.6 is 11.6 Å². The second-order valence-electron chi connectivity index (χ2n) is 5.91. The summed E-state index contributed by atoms with van der Waals surface area (Å²) in [7, 11) is 1.39. The summed E-state index contributed by atoms with van der Waals surface area (Å²) in [6.07, 6.45) is 1.27. The Morgan fingerprint density at radius 2 is 1.96 bits per heavy atom. The Kier molecular flexibility index (Phi) is 4.34. The van der Waals surface area contributed by atoms with Crippen LogP contribution in [-0.2, 0) is 4.74 Å². The van der Waals surface area contributed by atoms with Gasteiger partial charge in [-0.3, -0.25) is 0 Å². The summed E-state index contributed by atoms with van der Waals surface area (Å²) < 4.78 is 4.76. The van der Waals surface area contributed by atoms with E-state index in [2.05, 4.69) is 19.9 Å². The van der Waals surface area contributed by atoms with Crippen molar-refractivity contribution in [2.75, 3.05) is 38.2 Å². The van der Waals surface area contributed by atoms with Gasteiger partial charge in [0.25, 0.3) is 0 Å². The van der Waals surface area contributed by atoms with Crippen LogP contribution in [0.4, 0.5) is 10.7 Å². The molecule has 2 aromatic heterocycles. The number of H-pyrrole nitrogens is 1. The number of hydrogen-bond acceptors (Lipinski definition) is 6. The quantitative estimate of drug-likeness (QED) is 0.743. The van der Waals surface area contributed by atoms with Gasteiger partial charge in [-0.2, -0.15) is 0 Å². The fraction of sp³-hybridized carbons (Fsp3) is 0.294. The summed E-state index contributed by atoms with van der Waals surface area (Å²) in [5.41, 5.74) is 2.33. The van der Waals surface area contributed by atoms with E-state index in [-0.39, 0.29) is 6.09 Å². The molecule has 3 aromatic rings. The minimum atomic E-state index is -0.315. The topological polar surface area (TPSA) is 87.2 Å². The molecule has 1 fully saturated rings. The highest BCUT2D eigenvalue weighted by Crippen LogP contribution is 2.27. The molecule has 1 N–H and O–H groups in total. The molecule has 0 unspecified atom stereocenters. The number of carbonyl (C=O) groups is 1. The molecule has 1 aliphatic heterocycles. The molecule has 26 heavy (non-hydrogen) atoms. The van der Waals surface area contributed by atoms with Gasteiger partial charge in [-0.05, 0) is 12.1 Å². The SMILES string of the molecule is COC(=O)N1CCN(c2ncc(Cl)c(-c3nc4ccccc4[nH]3)n2)CC1. The number of benzene rings is 1. The third-order valence-electron chi connectivity index (χ3n) is 4.34. The van der Waals surface area contributed by atoms with Crippen LogP contribution in [0.2, 0.25) is 5.02 Å². The summed E-state index contributed by atoms with van der Waals surface area (Å²) in [5.74, 6) is 1.17. The Bertz CT molecular complexity index is 918. The lowest BCUT2D eigenvalue weighted by Crippen LogP contribution is -2.49. The zero-order valence-corrected chi connectivity index (χ0v) is 14.9. The first kappa shape index (κ1) is 16.6. The second kappa shape index (κ2) is 6.80. The summed E-state index contributed by atoms with van der Waals surface area (Å²) in [6, 6.07) is 7.75. The molecule has 3 heterocycles. The van der Waals surface area contributed by atoms with Crippen molar-refractivity contribution in [1.29, 1.82) is 0 Å². The van der Waals surface area contributed by atoms with E-state index in [0.717, 1.165) is 11.0 Å². The van der Waals surface area contributed by atoms with E-state index in [0.29, 0.717) is 48.7 Å². The van der Waals surface area contributed by atoms with Crippen molar-refractivity contribution in [2.24, 2.45) is 0 Å². The highest BCUT2D eigenvalue weighted by Gasteiger charge is 2.24. The van der Waals surface area contributed by atoms with Gasteiger partial charge in [-0.1, -0.05) is 23.7 Å². The molecule has 1 amide bonds. The molecule has 4 rings (SSSR count). The Morgan fingerprint density at radius 3 is 2.69 bits per heavy atom. The predicted molar refractivity (Wildman–Crippen MR) is 98.3 cm³/mol. The maximum Gasteiger partial charge on any atom is 0.409 e. The highest BCUT2D eigenvalue weighted by molar-refractivity contribution is 6.32. The van der Waals surface area contributed by atoms with E-state index in [1.165, 1.54) is 7.11 Å². The van der Waals surface area contributed by atoms with E-state index in [4.69, 9.17) is 16.3 Å². The van der Waals surface area contributed by atoms with Gasteiger partial charge < -0.3 is 19.5 Å². The fourth-order valence-corrected chi connectivity index (χ4v) is 3.14. The third-order valence-corrected chi connectivity index (χ3v) is 4.62. The largest absolute Gasteiger partial charge is 0.453 e. The molecular weight excluding hydrogens is 356 g/mol. The molecule has 0 spiro atoms. The molecule has 1 aliphatic rings. The number of methoxy groups -OCH3 is 1. The molecule has 0 bridgehead atoms. The molecule has 0 radical (unpaired) electrons. The van der Waals surface area contributed by atoms with E-state index < -0.39 is 0 Å². The first-order valence-electron chi connectivity index (χ1n) is 8.21. The number of aromatic amines is 1. The first-order valence-corrected chi connectivity index (χ1v) is 8.59. The second-order valence-corrected chi connectivity index (χ2v) is 6.32. The summed E-state index contributed by atoms with van der Waals surface area (Å²) in [4.78, 5) is 32.0. The average molecular weight is 373 g/mol. The summed E-state index contributed by atoms with van der Waals surface area (Å²) in [6.45, 7) is 2.35. The number of ether oxygens (including phenoxy) is 1. The van der Waals surface area contributed by atoms with E-state index in [1.54, 1.807) is 11.1 Å². The van der Waals surface area contributed by atoms with Crippen LogP contribution in [-0.4, -0.2) is 64.2 Å². The lowest BCUT2D eigenvalue weighted by atomic mass is 10.3. The van der Waals surface area contributed by atoms with Crippen LogP contribution in [0.25, 0.3) is 22.6 Å². The molecule has 9 heteroatoms. The normalized spacial score (nSPS) is 14.7. The van der Waals surface area contributed by atoms with Crippen LogP contribution in [0.15, 0.2) is 30.5 Å².